The van der Waals surface area contributed by atoms with Crippen molar-refractivity contribution in [3.63, 3.8) is 0 Å². The lowest BCUT2D eigenvalue weighted by atomic mass is 10.2. The first-order valence-corrected chi connectivity index (χ1v) is 8.15. The molecule has 0 aliphatic rings. The maximum atomic E-state index is 8.61. The lowest BCUT2D eigenvalue weighted by Crippen LogP contribution is -1.96. The van der Waals surface area contributed by atoms with Gasteiger partial charge < -0.3 is 13.9 Å². The predicted molar refractivity (Wildman–Crippen MR) is 99.8 cm³/mol. The Kier molecular flexibility index (Phi) is 5.57. The highest BCUT2D eigenvalue weighted by Crippen LogP contribution is 2.31. The fraction of sp³-hybridized carbons (Fsp3) is 0.100. The zero-order valence-corrected chi connectivity index (χ0v) is 14.7. The van der Waals surface area contributed by atoms with Gasteiger partial charge in [-0.1, -0.05) is 48.0 Å². The van der Waals surface area contributed by atoms with Gasteiger partial charge in [0, 0.05) is 5.56 Å². The largest absolute Gasteiger partial charge is 0.493 e. The Morgan fingerprint density at radius 3 is 2.77 bits per heavy atom. The summed E-state index contributed by atoms with van der Waals surface area (Å²) in [4.78, 5) is 4.23. The first kappa shape index (κ1) is 17.6. The van der Waals surface area contributed by atoms with Crippen LogP contribution in [0.15, 0.2) is 59.1 Å². The maximum absolute atomic E-state index is 8.61. The van der Waals surface area contributed by atoms with Crippen molar-refractivity contribution in [1.82, 2.24) is 4.98 Å². The Labute approximate surface area is 156 Å². The van der Waals surface area contributed by atoms with Crippen LogP contribution in [0, 0.1) is 11.3 Å². The Morgan fingerprint density at radius 2 is 2.04 bits per heavy atom. The van der Waals surface area contributed by atoms with Gasteiger partial charge >= 0.3 is 0 Å². The number of hydrogen-bond donors (Lipinski definition) is 0. The average Bonchev–Trinajstić information content (AvgIpc) is 3.18. The number of benzene rings is 2. The van der Waals surface area contributed by atoms with Gasteiger partial charge in [0.05, 0.1) is 13.3 Å². The molecule has 2 aromatic carbocycles. The van der Waals surface area contributed by atoms with E-state index in [0.29, 0.717) is 28.2 Å². The van der Waals surface area contributed by atoms with E-state index in [0.717, 1.165) is 11.1 Å². The molecule has 26 heavy (non-hydrogen) atoms. The summed E-state index contributed by atoms with van der Waals surface area (Å²) in [6.45, 7) is -0.0507. The van der Waals surface area contributed by atoms with Crippen LogP contribution in [0.3, 0.4) is 0 Å². The highest BCUT2D eigenvalue weighted by molar-refractivity contribution is 6.50. The Bertz CT molecular complexity index is 959. The van der Waals surface area contributed by atoms with Gasteiger partial charge in [-0.3, -0.25) is 0 Å². The highest BCUT2D eigenvalue weighted by atomic mass is 35.5. The van der Waals surface area contributed by atoms with Crippen LogP contribution >= 0.6 is 11.6 Å². The lowest BCUT2D eigenvalue weighted by Gasteiger charge is -2.08. The van der Waals surface area contributed by atoms with Crippen LogP contribution in [0.25, 0.3) is 22.4 Å². The van der Waals surface area contributed by atoms with Crippen molar-refractivity contribution < 1.29 is 13.9 Å². The molecule has 0 unspecified atom stereocenters. The van der Waals surface area contributed by atoms with E-state index in [1.807, 2.05) is 36.4 Å². The second-order valence-corrected chi connectivity index (χ2v) is 5.65. The maximum Gasteiger partial charge on any atom is 0.238 e. The third-order valence-electron chi connectivity index (χ3n) is 3.54. The molecule has 0 aliphatic heterocycles. The number of oxazole rings is 1. The van der Waals surface area contributed by atoms with E-state index in [9.17, 15) is 0 Å². The smallest absolute Gasteiger partial charge is 0.238 e. The van der Waals surface area contributed by atoms with E-state index in [1.165, 1.54) is 7.11 Å². The standard InChI is InChI=1S/C20H15ClN2O3/c1-24-18-12-14(7-8-17(18)25-10-9-22)11-16(21)20-23-13-19(26-20)15-5-3-2-4-6-15/h2-8,11-13H,10H2,1H3/b16-11-. The molecule has 0 amide bonds. The van der Waals surface area contributed by atoms with E-state index >= 15 is 0 Å². The highest BCUT2D eigenvalue weighted by Gasteiger charge is 2.10. The zero-order valence-electron chi connectivity index (χ0n) is 14.0. The van der Waals surface area contributed by atoms with Crippen LogP contribution < -0.4 is 9.47 Å². The van der Waals surface area contributed by atoms with Gasteiger partial charge in [0.15, 0.2) is 23.9 Å². The van der Waals surface area contributed by atoms with Gasteiger partial charge in [0.2, 0.25) is 5.89 Å². The summed E-state index contributed by atoms with van der Waals surface area (Å²) in [5.74, 6) is 1.97. The van der Waals surface area contributed by atoms with Crippen molar-refractivity contribution >= 4 is 22.7 Å². The molecule has 1 heterocycles. The number of halogens is 1. The van der Waals surface area contributed by atoms with Crippen molar-refractivity contribution in [2.24, 2.45) is 0 Å². The molecule has 130 valence electrons. The summed E-state index contributed by atoms with van der Waals surface area (Å²) in [7, 11) is 1.53. The Hall–Kier alpha value is -3.23. The minimum atomic E-state index is -0.0507. The molecule has 0 saturated heterocycles. The Morgan fingerprint density at radius 1 is 1.23 bits per heavy atom. The molecule has 0 aliphatic carbocycles. The normalized spacial score (nSPS) is 11.0. The molecular formula is C20H15ClN2O3. The van der Waals surface area contributed by atoms with Crippen molar-refractivity contribution in [1.29, 1.82) is 5.26 Å². The van der Waals surface area contributed by atoms with Crippen LogP contribution in [-0.2, 0) is 0 Å². The number of nitrogens with zero attached hydrogens (tertiary/aromatic N) is 2. The fourth-order valence-corrected chi connectivity index (χ4v) is 2.55. The Balaban J connectivity index is 1.84. The van der Waals surface area contributed by atoms with E-state index in [1.54, 1.807) is 30.5 Å². The summed E-state index contributed by atoms with van der Waals surface area (Å²) < 4.78 is 16.3. The molecule has 0 spiro atoms. The zero-order chi connectivity index (χ0) is 18.4. The number of rotatable bonds is 6. The van der Waals surface area contributed by atoms with Crippen molar-refractivity contribution in [2.75, 3.05) is 13.7 Å². The number of hydrogen-bond acceptors (Lipinski definition) is 5. The van der Waals surface area contributed by atoms with Gasteiger partial charge in [-0.2, -0.15) is 5.26 Å². The number of ether oxygens (including phenoxy) is 2. The first-order valence-electron chi connectivity index (χ1n) is 7.78. The molecule has 1 aromatic heterocycles. The summed E-state index contributed by atoms with van der Waals surface area (Å²) in [6, 6.07) is 16.9. The average molecular weight is 367 g/mol. The summed E-state index contributed by atoms with van der Waals surface area (Å²) in [5, 5.41) is 8.98. The van der Waals surface area contributed by atoms with Crippen LogP contribution in [0.2, 0.25) is 0 Å². The van der Waals surface area contributed by atoms with E-state index in [2.05, 4.69) is 4.98 Å². The second-order valence-electron chi connectivity index (χ2n) is 5.25. The molecule has 3 aromatic rings. The van der Waals surface area contributed by atoms with E-state index in [-0.39, 0.29) is 6.61 Å². The van der Waals surface area contributed by atoms with E-state index in [4.69, 9.17) is 30.8 Å². The van der Waals surface area contributed by atoms with Gasteiger partial charge in [-0.05, 0) is 23.8 Å². The third kappa shape index (κ3) is 4.05. The minimum absolute atomic E-state index is 0.0507. The summed E-state index contributed by atoms with van der Waals surface area (Å²) >= 11 is 6.35. The van der Waals surface area contributed by atoms with Crippen LogP contribution in [0.4, 0.5) is 0 Å². The second kappa shape index (κ2) is 8.24. The molecule has 6 heteroatoms. The molecule has 5 nitrogen and oxygen atoms in total. The monoisotopic (exact) mass is 366 g/mol. The first-order chi connectivity index (χ1) is 12.7. The van der Waals surface area contributed by atoms with Crippen molar-refractivity contribution in [3.8, 4) is 28.9 Å². The molecule has 3 rings (SSSR count). The van der Waals surface area contributed by atoms with E-state index < -0.39 is 0 Å². The molecule has 0 fully saturated rings. The molecule has 0 atom stereocenters. The summed E-state index contributed by atoms with van der Waals surface area (Å²) in [6.07, 6.45) is 3.36. The van der Waals surface area contributed by atoms with Gasteiger partial charge in [-0.25, -0.2) is 4.98 Å². The number of nitriles is 1. The number of aromatic nitrogens is 1. The molecule has 0 radical (unpaired) electrons. The SMILES string of the molecule is COc1cc(/C=C(\Cl)c2ncc(-c3ccccc3)o2)ccc1OCC#N. The predicted octanol–water partition coefficient (Wildman–Crippen LogP) is 4.99. The third-order valence-corrected chi connectivity index (χ3v) is 3.81. The summed E-state index contributed by atoms with van der Waals surface area (Å²) in [5.41, 5.74) is 1.71. The van der Waals surface area contributed by atoms with Gasteiger partial charge in [-0.15, -0.1) is 0 Å². The molecule has 0 bridgehead atoms. The van der Waals surface area contributed by atoms with Crippen LogP contribution in [0.5, 0.6) is 11.5 Å². The lowest BCUT2D eigenvalue weighted by molar-refractivity contribution is 0.329. The van der Waals surface area contributed by atoms with Gasteiger partial charge in [0.1, 0.15) is 11.1 Å². The quantitative estimate of drug-likeness (QED) is 0.614. The van der Waals surface area contributed by atoms with Crippen molar-refractivity contribution in [3.05, 3.63) is 66.2 Å². The molecule has 0 N–H and O–H groups in total. The number of methoxy groups -OCH3 is 1. The van der Waals surface area contributed by atoms with Gasteiger partial charge in [0.25, 0.3) is 0 Å². The van der Waals surface area contributed by atoms with Crippen LogP contribution in [0.1, 0.15) is 11.5 Å². The minimum Gasteiger partial charge on any atom is -0.493 e. The molecular weight excluding hydrogens is 352 g/mol. The van der Waals surface area contributed by atoms with Crippen molar-refractivity contribution in [2.45, 2.75) is 0 Å². The topological polar surface area (TPSA) is 68.3 Å². The molecule has 0 saturated carbocycles. The fourth-order valence-electron chi connectivity index (χ4n) is 2.33. The van der Waals surface area contributed by atoms with Crippen LogP contribution in [-0.4, -0.2) is 18.7 Å².